The molecule has 2 atom stereocenters. The van der Waals surface area contributed by atoms with Crippen LogP contribution in [-0.2, 0) is 14.3 Å². The fraction of sp³-hybridized carbons (Fsp3) is 0.235. The molecule has 25 heavy (non-hydrogen) atoms. The Kier molecular flexibility index (Phi) is 6.30. The van der Waals surface area contributed by atoms with Crippen LogP contribution >= 0.6 is 11.6 Å². The number of benzene rings is 1. The van der Waals surface area contributed by atoms with Gasteiger partial charge in [0, 0.05) is 6.20 Å². The van der Waals surface area contributed by atoms with Crippen LogP contribution in [0.4, 0.5) is 10.2 Å². The molecule has 1 N–H and O–H groups in total. The number of halogens is 2. The maximum absolute atomic E-state index is 12.8. The molecule has 1 aromatic heterocycles. The van der Waals surface area contributed by atoms with Gasteiger partial charge in [-0.3, -0.25) is 4.79 Å². The maximum Gasteiger partial charge on any atom is 0.347 e. The first kappa shape index (κ1) is 18.7. The number of amides is 1. The van der Waals surface area contributed by atoms with E-state index in [0.29, 0.717) is 10.8 Å². The zero-order valence-corrected chi connectivity index (χ0v) is 14.3. The lowest BCUT2D eigenvalue weighted by atomic mass is 10.3. The second-order valence-corrected chi connectivity index (χ2v) is 5.58. The highest BCUT2D eigenvalue weighted by Gasteiger charge is 2.23. The average Bonchev–Trinajstić information content (AvgIpc) is 2.58. The number of carbonyl (C=O) groups is 2. The maximum atomic E-state index is 12.8. The fourth-order valence-corrected chi connectivity index (χ4v) is 1.88. The molecule has 0 bridgehead atoms. The molecular weight excluding hydrogens is 351 g/mol. The van der Waals surface area contributed by atoms with Crippen LogP contribution in [0.5, 0.6) is 5.75 Å². The Morgan fingerprint density at radius 3 is 2.40 bits per heavy atom. The number of anilines is 1. The smallest absolute Gasteiger partial charge is 0.347 e. The SMILES string of the molecule is C[C@H](Oc1ccc(F)cc1)C(=O)O[C@H](C)C(=O)Nc1ccc(Cl)cn1. The number of pyridine rings is 1. The van der Waals surface area contributed by atoms with Crippen LogP contribution in [0.3, 0.4) is 0 Å². The van der Waals surface area contributed by atoms with E-state index in [2.05, 4.69) is 10.3 Å². The molecule has 0 radical (unpaired) electrons. The Labute approximate surface area is 148 Å². The number of carbonyl (C=O) groups excluding carboxylic acids is 2. The summed E-state index contributed by atoms with van der Waals surface area (Å²) in [5.74, 6) is -1.09. The van der Waals surface area contributed by atoms with Crippen molar-refractivity contribution in [1.82, 2.24) is 4.98 Å². The third kappa shape index (κ3) is 5.72. The zero-order valence-electron chi connectivity index (χ0n) is 13.5. The largest absolute Gasteiger partial charge is 0.479 e. The molecule has 2 aromatic rings. The van der Waals surface area contributed by atoms with E-state index in [9.17, 15) is 14.0 Å². The van der Waals surface area contributed by atoms with E-state index in [-0.39, 0.29) is 5.82 Å². The molecule has 0 aliphatic rings. The highest BCUT2D eigenvalue weighted by Crippen LogP contribution is 2.14. The Morgan fingerprint density at radius 2 is 1.80 bits per heavy atom. The quantitative estimate of drug-likeness (QED) is 0.794. The molecule has 8 heteroatoms. The number of hydrogen-bond donors (Lipinski definition) is 1. The molecule has 0 saturated heterocycles. The van der Waals surface area contributed by atoms with Crippen LogP contribution in [0, 0.1) is 5.82 Å². The number of nitrogens with one attached hydrogen (secondary N) is 1. The van der Waals surface area contributed by atoms with E-state index in [1.807, 2.05) is 0 Å². The molecule has 2 rings (SSSR count). The van der Waals surface area contributed by atoms with Crippen LogP contribution < -0.4 is 10.1 Å². The molecule has 0 aliphatic carbocycles. The van der Waals surface area contributed by atoms with Gasteiger partial charge in [0.15, 0.2) is 12.2 Å². The second kappa shape index (κ2) is 8.43. The van der Waals surface area contributed by atoms with Gasteiger partial charge in [0.1, 0.15) is 17.4 Å². The van der Waals surface area contributed by atoms with Crippen molar-refractivity contribution in [2.75, 3.05) is 5.32 Å². The summed E-state index contributed by atoms with van der Waals surface area (Å²) in [5, 5.41) is 2.94. The Hall–Kier alpha value is -2.67. The number of rotatable bonds is 6. The van der Waals surface area contributed by atoms with Crippen molar-refractivity contribution in [3.63, 3.8) is 0 Å². The summed E-state index contributed by atoms with van der Waals surface area (Å²) in [6.07, 6.45) is -0.634. The number of nitrogens with zero attached hydrogens (tertiary/aromatic N) is 1. The highest BCUT2D eigenvalue weighted by atomic mass is 35.5. The molecule has 0 aliphatic heterocycles. The summed E-state index contributed by atoms with van der Waals surface area (Å²) in [5.41, 5.74) is 0. The lowest BCUT2D eigenvalue weighted by Gasteiger charge is -2.17. The summed E-state index contributed by atoms with van der Waals surface area (Å²) in [4.78, 5) is 27.9. The van der Waals surface area contributed by atoms with Gasteiger partial charge in [0.05, 0.1) is 5.02 Å². The van der Waals surface area contributed by atoms with Gasteiger partial charge < -0.3 is 14.8 Å². The van der Waals surface area contributed by atoms with Gasteiger partial charge in [-0.25, -0.2) is 14.2 Å². The molecule has 1 heterocycles. The molecule has 0 spiro atoms. The highest BCUT2D eigenvalue weighted by molar-refractivity contribution is 6.30. The standard InChI is InChI=1S/C17H16ClFN2O4/c1-10(16(22)21-15-8-3-12(18)9-20-15)25-17(23)11(2)24-14-6-4-13(19)5-7-14/h3-11H,1-2H3,(H,20,21,22)/t10-,11+/m1/s1. The minimum absolute atomic E-state index is 0.285. The zero-order chi connectivity index (χ0) is 18.4. The molecule has 0 saturated carbocycles. The monoisotopic (exact) mass is 366 g/mol. The van der Waals surface area contributed by atoms with Crippen molar-refractivity contribution in [2.24, 2.45) is 0 Å². The molecule has 0 unspecified atom stereocenters. The summed E-state index contributed by atoms with van der Waals surface area (Å²) in [6, 6.07) is 8.29. The predicted octanol–water partition coefficient (Wildman–Crippen LogP) is 3.21. The average molecular weight is 367 g/mol. The lowest BCUT2D eigenvalue weighted by Crippen LogP contribution is -2.35. The third-order valence-corrected chi connectivity index (χ3v) is 3.32. The lowest BCUT2D eigenvalue weighted by molar-refractivity contribution is -0.159. The molecule has 0 fully saturated rings. The summed E-state index contributed by atoms with van der Waals surface area (Å²) >= 11 is 5.71. The topological polar surface area (TPSA) is 77.5 Å². The normalized spacial score (nSPS) is 12.8. The van der Waals surface area contributed by atoms with Gasteiger partial charge in [-0.15, -0.1) is 0 Å². The number of esters is 1. The number of aromatic nitrogens is 1. The predicted molar refractivity (Wildman–Crippen MR) is 89.9 cm³/mol. The summed E-state index contributed by atoms with van der Waals surface area (Å²) in [7, 11) is 0. The van der Waals surface area contributed by atoms with Crippen LogP contribution in [0.25, 0.3) is 0 Å². The van der Waals surface area contributed by atoms with Gasteiger partial charge in [0.2, 0.25) is 0 Å². The first-order valence-corrected chi connectivity index (χ1v) is 7.78. The van der Waals surface area contributed by atoms with Crippen LogP contribution in [0.15, 0.2) is 42.6 Å². The van der Waals surface area contributed by atoms with Crippen molar-refractivity contribution in [1.29, 1.82) is 0 Å². The molecule has 1 amide bonds. The van der Waals surface area contributed by atoms with Crippen LogP contribution in [0.1, 0.15) is 13.8 Å². The summed E-state index contributed by atoms with van der Waals surface area (Å²) < 4.78 is 23.2. The number of hydrogen-bond acceptors (Lipinski definition) is 5. The van der Waals surface area contributed by atoms with Crippen molar-refractivity contribution in [3.05, 3.63) is 53.4 Å². The van der Waals surface area contributed by atoms with Crippen molar-refractivity contribution in [3.8, 4) is 5.75 Å². The van der Waals surface area contributed by atoms with Crippen molar-refractivity contribution < 1.29 is 23.5 Å². The van der Waals surface area contributed by atoms with Crippen LogP contribution in [0.2, 0.25) is 5.02 Å². The first-order valence-electron chi connectivity index (χ1n) is 7.40. The van der Waals surface area contributed by atoms with Gasteiger partial charge in [-0.1, -0.05) is 11.6 Å². The van der Waals surface area contributed by atoms with E-state index in [1.54, 1.807) is 6.07 Å². The van der Waals surface area contributed by atoms with Crippen LogP contribution in [-0.4, -0.2) is 29.1 Å². The van der Waals surface area contributed by atoms with E-state index in [4.69, 9.17) is 21.1 Å². The minimum atomic E-state index is -1.05. The van der Waals surface area contributed by atoms with Crippen molar-refractivity contribution in [2.45, 2.75) is 26.1 Å². The fourth-order valence-electron chi connectivity index (χ4n) is 1.77. The Balaban J connectivity index is 1.86. The molecule has 6 nitrogen and oxygen atoms in total. The third-order valence-electron chi connectivity index (χ3n) is 3.10. The minimum Gasteiger partial charge on any atom is -0.479 e. The Bertz CT molecular complexity index is 737. The van der Waals surface area contributed by atoms with E-state index < -0.39 is 29.9 Å². The Morgan fingerprint density at radius 1 is 1.12 bits per heavy atom. The van der Waals surface area contributed by atoms with E-state index >= 15 is 0 Å². The van der Waals surface area contributed by atoms with Crippen molar-refractivity contribution >= 4 is 29.3 Å². The first-order chi connectivity index (χ1) is 11.8. The second-order valence-electron chi connectivity index (χ2n) is 5.14. The van der Waals surface area contributed by atoms with Gasteiger partial charge >= 0.3 is 5.97 Å². The molecule has 1 aromatic carbocycles. The molecular formula is C17H16ClFN2O4. The van der Waals surface area contributed by atoms with Gasteiger partial charge in [-0.05, 0) is 50.2 Å². The van der Waals surface area contributed by atoms with Gasteiger partial charge in [0.25, 0.3) is 5.91 Å². The number of ether oxygens (including phenoxy) is 2. The van der Waals surface area contributed by atoms with E-state index in [0.717, 1.165) is 0 Å². The molecule has 132 valence electrons. The summed E-state index contributed by atoms with van der Waals surface area (Å²) in [6.45, 7) is 2.89. The van der Waals surface area contributed by atoms with E-state index in [1.165, 1.54) is 50.4 Å². The van der Waals surface area contributed by atoms with Gasteiger partial charge in [-0.2, -0.15) is 0 Å².